The highest BCUT2D eigenvalue weighted by molar-refractivity contribution is 7.84. The van der Waals surface area contributed by atoms with E-state index in [0.717, 1.165) is 11.3 Å². The molecule has 1 saturated heterocycles. The molecule has 2 rings (SSSR count). The van der Waals surface area contributed by atoms with E-state index >= 15 is 0 Å². The molecule has 2 atom stereocenters. The van der Waals surface area contributed by atoms with E-state index in [1.54, 1.807) is 0 Å². The molecule has 15 nitrogen and oxygen atoms in total. The summed E-state index contributed by atoms with van der Waals surface area (Å²) in [6.45, 7) is -0.681. The van der Waals surface area contributed by atoms with E-state index in [2.05, 4.69) is 15.0 Å². The number of rotatable bonds is 8. The lowest BCUT2D eigenvalue weighted by molar-refractivity contribution is -0.150. The Bertz CT molecular complexity index is 971. The first-order valence-electron chi connectivity index (χ1n) is 7.04. The number of primary amides is 2. The second-order valence-corrected chi connectivity index (χ2v) is 7.34. The maximum absolute atomic E-state index is 12.5. The van der Waals surface area contributed by atoms with Crippen LogP contribution in [-0.2, 0) is 34.3 Å². The fourth-order valence-electron chi connectivity index (χ4n) is 2.11. The smallest absolute Gasteiger partial charge is 0.363 e. The van der Waals surface area contributed by atoms with Crippen LogP contribution in [0.1, 0.15) is 5.69 Å². The molecule has 1 aromatic heterocycles. The Morgan fingerprint density at radius 3 is 2.50 bits per heavy atom. The lowest BCUT2D eigenvalue weighted by Crippen LogP contribution is -2.75. The molecule has 1 aliphatic heterocycles. The minimum absolute atomic E-state index is 0.0534. The van der Waals surface area contributed by atoms with E-state index in [-0.39, 0.29) is 15.1 Å². The van der Waals surface area contributed by atoms with Gasteiger partial charge in [-0.1, -0.05) is 5.16 Å². The van der Waals surface area contributed by atoms with Gasteiger partial charge in [0.1, 0.15) is 11.7 Å². The first kappa shape index (κ1) is 21.0. The molecular weight excluding hydrogens is 422 g/mol. The number of carbonyl (C=O) groups excluding carboxylic acids is 4. The van der Waals surface area contributed by atoms with Crippen molar-refractivity contribution < 1.29 is 37.0 Å². The fraction of sp³-hybridized carbons (Fsp3) is 0.273. The molecule has 0 aromatic carbocycles. The summed E-state index contributed by atoms with van der Waals surface area (Å²) in [6.07, 6.45) is 0. The van der Waals surface area contributed by atoms with Crippen LogP contribution in [-0.4, -0.2) is 70.3 Å². The lowest BCUT2D eigenvalue weighted by atomic mass is 9.98. The molecule has 8 N–H and O–H groups in total. The van der Waals surface area contributed by atoms with Crippen molar-refractivity contribution >= 4 is 56.1 Å². The zero-order chi connectivity index (χ0) is 21.2. The van der Waals surface area contributed by atoms with E-state index in [4.69, 9.17) is 21.8 Å². The van der Waals surface area contributed by atoms with Gasteiger partial charge in [-0.3, -0.25) is 23.7 Å². The summed E-state index contributed by atoms with van der Waals surface area (Å²) in [6, 6.07) is -3.57. The summed E-state index contributed by atoms with van der Waals surface area (Å²) in [5, 5.41) is 6.80. The normalized spacial score (nSPS) is 19.7. The topological polar surface area (TPSA) is 250 Å². The average Bonchev–Trinajstić information content (AvgIpc) is 2.97. The standard InChI is InChI=1S/C11H13N7O8S2/c12-4(19)1-26-17-5(3-2-27-11(14)15-3)9(21)16-6-7(8(13)20)18(10(6)22)28(23,24)25/h2,6-7H,1H2,(H2,12,19)(H2,13,20)(H2,14,15)(H,16,21)(H,23,24,25)/t6-,7?/m0/s1. The Kier molecular flexibility index (Phi) is 5.81. The number of amides is 4. The number of hydrogen-bond donors (Lipinski definition) is 5. The van der Waals surface area contributed by atoms with Gasteiger partial charge in [-0.25, -0.2) is 4.98 Å². The Labute approximate surface area is 160 Å². The van der Waals surface area contributed by atoms with Crippen molar-refractivity contribution in [3.63, 3.8) is 0 Å². The van der Waals surface area contributed by atoms with Crippen LogP contribution in [0.4, 0.5) is 5.13 Å². The van der Waals surface area contributed by atoms with Gasteiger partial charge in [-0.15, -0.1) is 11.3 Å². The Morgan fingerprint density at radius 2 is 2.04 bits per heavy atom. The number of nitrogens with two attached hydrogens (primary N) is 3. The van der Waals surface area contributed by atoms with Crippen molar-refractivity contribution in [1.29, 1.82) is 0 Å². The molecule has 152 valence electrons. The van der Waals surface area contributed by atoms with E-state index in [1.807, 2.05) is 5.32 Å². The molecule has 4 amide bonds. The third-order valence-corrected chi connectivity index (χ3v) is 4.80. The third kappa shape index (κ3) is 4.32. The molecule has 0 radical (unpaired) electrons. The molecule has 1 unspecified atom stereocenters. The summed E-state index contributed by atoms with van der Waals surface area (Å²) >= 11 is 0.935. The van der Waals surface area contributed by atoms with Crippen LogP contribution in [0.15, 0.2) is 10.5 Å². The zero-order valence-corrected chi connectivity index (χ0v) is 15.3. The van der Waals surface area contributed by atoms with Gasteiger partial charge in [0.15, 0.2) is 23.5 Å². The number of carbonyl (C=O) groups is 4. The quantitative estimate of drug-likeness (QED) is 0.114. The highest BCUT2D eigenvalue weighted by atomic mass is 32.2. The van der Waals surface area contributed by atoms with Crippen LogP contribution in [0.5, 0.6) is 0 Å². The van der Waals surface area contributed by atoms with Crippen LogP contribution >= 0.6 is 11.3 Å². The van der Waals surface area contributed by atoms with Crippen molar-refractivity contribution in [3.05, 3.63) is 11.1 Å². The first-order chi connectivity index (χ1) is 12.9. The molecule has 1 fully saturated rings. The lowest BCUT2D eigenvalue weighted by Gasteiger charge is -2.41. The number of oxime groups is 1. The minimum atomic E-state index is -5.07. The summed E-state index contributed by atoms with van der Waals surface area (Å²) in [4.78, 5) is 54.9. The molecule has 0 spiro atoms. The Hall–Kier alpha value is -3.31. The maximum Gasteiger partial charge on any atom is 0.363 e. The van der Waals surface area contributed by atoms with Crippen molar-refractivity contribution in [2.75, 3.05) is 12.3 Å². The van der Waals surface area contributed by atoms with E-state index in [1.165, 1.54) is 5.38 Å². The van der Waals surface area contributed by atoms with Crippen LogP contribution in [0.2, 0.25) is 0 Å². The highest BCUT2D eigenvalue weighted by Gasteiger charge is 2.57. The van der Waals surface area contributed by atoms with Crippen LogP contribution in [0, 0.1) is 0 Å². The number of nitrogens with one attached hydrogen (secondary N) is 1. The van der Waals surface area contributed by atoms with Gasteiger partial charge in [0.2, 0.25) is 5.91 Å². The van der Waals surface area contributed by atoms with Gasteiger partial charge in [0.05, 0.1) is 0 Å². The summed E-state index contributed by atoms with van der Waals surface area (Å²) < 4.78 is 31.1. The van der Waals surface area contributed by atoms with Crippen molar-refractivity contribution in [2.45, 2.75) is 12.1 Å². The molecule has 17 heteroatoms. The van der Waals surface area contributed by atoms with Crippen LogP contribution < -0.4 is 22.5 Å². The molecular formula is C11H13N7O8S2. The molecule has 1 aliphatic rings. The van der Waals surface area contributed by atoms with Gasteiger partial charge in [0, 0.05) is 5.38 Å². The van der Waals surface area contributed by atoms with Gasteiger partial charge < -0.3 is 27.4 Å². The Morgan fingerprint density at radius 1 is 1.39 bits per heavy atom. The molecule has 1 aromatic rings. The van der Waals surface area contributed by atoms with E-state index in [0.29, 0.717) is 0 Å². The third-order valence-electron chi connectivity index (χ3n) is 3.22. The predicted octanol–water partition coefficient (Wildman–Crippen LogP) is -4.08. The molecule has 0 aliphatic carbocycles. The van der Waals surface area contributed by atoms with Crippen LogP contribution in [0.25, 0.3) is 0 Å². The minimum Gasteiger partial charge on any atom is -0.385 e. The molecule has 28 heavy (non-hydrogen) atoms. The van der Waals surface area contributed by atoms with Gasteiger partial charge in [-0.05, 0) is 0 Å². The molecule has 2 heterocycles. The number of aromatic nitrogens is 1. The largest absolute Gasteiger partial charge is 0.385 e. The predicted molar refractivity (Wildman–Crippen MR) is 91.5 cm³/mol. The second-order valence-electron chi connectivity index (χ2n) is 5.16. The number of anilines is 1. The van der Waals surface area contributed by atoms with Gasteiger partial charge >= 0.3 is 10.3 Å². The number of nitrogen functional groups attached to an aromatic ring is 1. The SMILES string of the molecule is NC(=O)CON=C(C(=O)N[C@@H]1C(=O)N(S(=O)(=O)O)C1C(N)=O)c1csc(N)n1. The summed E-state index contributed by atoms with van der Waals surface area (Å²) in [5.41, 5.74) is 14.7. The number of thiazole rings is 1. The summed E-state index contributed by atoms with van der Waals surface area (Å²) in [7, 11) is -5.07. The summed E-state index contributed by atoms with van der Waals surface area (Å²) in [5.74, 6) is -4.64. The number of β-lactam (4-membered cyclic amide) rings is 1. The van der Waals surface area contributed by atoms with Crippen molar-refractivity contribution in [3.8, 4) is 0 Å². The zero-order valence-electron chi connectivity index (χ0n) is 13.6. The van der Waals surface area contributed by atoms with Crippen molar-refractivity contribution in [2.24, 2.45) is 16.6 Å². The molecule has 0 bridgehead atoms. The Balaban J connectivity index is 2.26. The average molecular weight is 435 g/mol. The monoisotopic (exact) mass is 435 g/mol. The number of nitrogens with zero attached hydrogens (tertiary/aromatic N) is 3. The van der Waals surface area contributed by atoms with E-state index < -0.39 is 58.3 Å². The van der Waals surface area contributed by atoms with Crippen LogP contribution in [0.3, 0.4) is 0 Å². The van der Waals surface area contributed by atoms with Gasteiger partial charge in [0.25, 0.3) is 17.7 Å². The molecule has 0 saturated carbocycles. The van der Waals surface area contributed by atoms with Gasteiger partial charge in [-0.2, -0.15) is 12.7 Å². The fourth-order valence-corrected chi connectivity index (χ4v) is 3.51. The van der Waals surface area contributed by atoms with E-state index in [9.17, 15) is 27.6 Å². The van der Waals surface area contributed by atoms with Crippen molar-refractivity contribution in [1.82, 2.24) is 14.6 Å². The highest BCUT2D eigenvalue weighted by Crippen LogP contribution is 2.23. The number of hydrogen-bond acceptors (Lipinski definition) is 11. The second kappa shape index (κ2) is 7.74. The first-order valence-corrected chi connectivity index (χ1v) is 9.31. The maximum atomic E-state index is 12.5.